The molecule has 0 radical (unpaired) electrons. The smallest absolute Gasteiger partial charge is 0.261 e. The minimum atomic E-state index is -0.433. The fourth-order valence-electron chi connectivity index (χ4n) is 1.38. The Balaban J connectivity index is 2.24. The van der Waals surface area contributed by atoms with Gasteiger partial charge < -0.3 is 10.3 Å². The molecule has 1 amide bonds. The molecule has 0 saturated carbocycles. The second-order valence-electron chi connectivity index (χ2n) is 3.57. The van der Waals surface area contributed by atoms with Crippen LogP contribution in [-0.2, 0) is 0 Å². The summed E-state index contributed by atoms with van der Waals surface area (Å²) in [5.74, 6) is -0.433. The first-order chi connectivity index (χ1) is 8.16. The minimum absolute atomic E-state index is 0.0902. The Labute approximate surface area is 97.5 Å². The number of pyridine rings is 2. The third-order valence-corrected chi connectivity index (χ3v) is 2.24. The van der Waals surface area contributed by atoms with Gasteiger partial charge in [0.2, 0.25) is 0 Å². The van der Waals surface area contributed by atoms with Crippen molar-refractivity contribution in [1.29, 1.82) is 0 Å². The maximum atomic E-state index is 11.8. The van der Waals surface area contributed by atoms with Crippen molar-refractivity contribution in [2.24, 2.45) is 0 Å². The number of carbonyl (C=O) groups excluding carboxylic acids is 1. The fraction of sp³-hybridized carbons (Fsp3) is 0.0833. The van der Waals surface area contributed by atoms with Crippen LogP contribution in [0.1, 0.15) is 16.1 Å². The van der Waals surface area contributed by atoms with Crippen molar-refractivity contribution in [3.8, 4) is 0 Å². The third-order valence-electron chi connectivity index (χ3n) is 2.24. The summed E-state index contributed by atoms with van der Waals surface area (Å²) in [5, 5.41) is 2.62. The van der Waals surface area contributed by atoms with E-state index in [2.05, 4.69) is 15.3 Å². The van der Waals surface area contributed by atoms with Gasteiger partial charge >= 0.3 is 0 Å². The number of rotatable bonds is 2. The zero-order valence-corrected chi connectivity index (χ0v) is 9.23. The summed E-state index contributed by atoms with van der Waals surface area (Å²) in [6, 6.07) is 6.49. The lowest BCUT2D eigenvalue weighted by Gasteiger charge is -2.04. The summed E-state index contributed by atoms with van der Waals surface area (Å²) < 4.78 is 0. The quantitative estimate of drug-likeness (QED) is 0.815. The number of amides is 1. The predicted octanol–water partition coefficient (Wildman–Crippen LogP) is 1.33. The topological polar surface area (TPSA) is 74.8 Å². The lowest BCUT2D eigenvalue weighted by molar-refractivity contribution is 0.102. The second-order valence-corrected chi connectivity index (χ2v) is 3.57. The Bertz CT molecular complexity index is 590. The number of aromatic amines is 1. The van der Waals surface area contributed by atoms with Crippen LogP contribution in [0.5, 0.6) is 0 Å². The van der Waals surface area contributed by atoms with E-state index in [0.29, 0.717) is 5.69 Å². The highest BCUT2D eigenvalue weighted by Gasteiger charge is 2.10. The van der Waals surface area contributed by atoms with Crippen LogP contribution in [0.2, 0.25) is 0 Å². The van der Waals surface area contributed by atoms with Gasteiger partial charge in [0, 0.05) is 23.8 Å². The van der Waals surface area contributed by atoms with Crippen molar-refractivity contribution in [3.63, 3.8) is 0 Å². The molecule has 17 heavy (non-hydrogen) atoms. The number of anilines is 1. The molecule has 2 aromatic rings. The van der Waals surface area contributed by atoms with Gasteiger partial charge in [-0.2, -0.15) is 0 Å². The number of aromatic nitrogens is 2. The van der Waals surface area contributed by atoms with Crippen LogP contribution in [0.3, 0.4) is 0 Å². The van der Waals surface area contributed by atoms with Gasteiger partial charge in [0.1, 0.15) is 5.56 Å². The van der Waals surface area contributed by atoms with Crippen LogP contribution in [0, 0.1) is 6.92 Å². The zero-order chi connectivity index (χ0) is 12.3. The zero-order valence-electron chi connectivity index (χ0n) is 9.23. The van der Waals surface area contributed by atoms with E-state index in [1.54, 1.807) is 37.5 Å². The van der Waals surface area contributed by atoms with E-state index < -0.39 is 11.5 Å². The van der Waals surface area contributed by atoms with Crippen molar-refractivity contribution in [1.82, 2.24) is 9.97 Å². The Morgan fingerprint density at radius 3 is 2.59 bits per heavy atom. The maximum absolute atomic E-state index is 11.8. The first-order valence-electron chi connectivity index (χ1n) is 5.08. The average molecular weight is 229 g/mol. The summed E-state index contributed by atoms with van der Waals surface area (Å²) in [7, 11) is 0. The molecule has 5 nitrogen and oxygen atoms in total. The molecule has 0 atom stereocenters. The van der Waals surface area contributed by atoms with Crippen LogP contribution >= 0.6 is 0 Å². The normalized spacial score (nSPS) is 9.94. The van der Waals surface area contributed by atoms with Crippen molar-refractivity contribution in [2.75, 3.05) is 5.32 Å². The molecule has 0 spiro atoms. The van der Waals surface area contributed by atoms with E-state index in [0.717, 1.165) is 5.69 Å². The third kappa shape index (κ3) is 2.57. The first-order valence-corrected chi connectivity index (χ1v) is 5.08. The molecule has 86 valence electrons. The number of nitrogens with one attached hydrogen (secondary N) is 2. The molecule has 5 heteroatoms. The number of aryl methyl sites for hydroxylation is 1. The molecular weight excluding hydrogens is 218 g/mol. The predicted molar refractivity (Wildman–Crippen MR) is 64.0 cm³/mol. The number of hydrogen-bond donors (Lipinski definition) is 2. The number of nitrogens with zero attached hydrogens (tertiary/aromatic N) is 1. The van der Waals surface area contributed by atoms with E-state index in [4.69, 9.17) is 0 Å². The van der Waals surface area contributed by atoms with Crippen molar-refractivity contribution in [3.05, 3.63) is 58.3 Å². The van der Waals surface area contributed by atoms with Gasteiger partial charge in [-0.25, -0.2) is 0 Å². The highest BCUT2D eigenvalue weighted by Crippen LogP contribution is 2.05. The van der Waals surface area contributed by atoms with Gasteiger partial charge in [-0.1, -0.05) is 0 Å². The summed E-state index contributed by atoms with van der Waals surface area (Å²) in [6.07, 6.45) is 3.13. The van der Waals surface area contributed by atoms with Crippen molar-refractivity contribution < 1.29 is 4.79 Å². The van der Waals surface area contributed by atoms with Crippen LogP contribution in [-0.4, -0.2) is 15.9 Å². The van der Waals surface area contributed by atoms with E-state index in [-0.39, 0.29) is 5.56 Å². The van der Waals surface area contributed by atoms with Crippen LogP contribution in [0.15, 0.2) is 41.5 Å². The SMILES string of the molecule is Cc1ccc(C(=O)Nc2ccncc2)c(=O)[nH]1. The maximum Gasteiger partial charge on any atom is 0.261 e. The molecule has 2 aromatic heterocycles. The number of hydrogen-bond acceptors (Lipinski definition) is 3. The van der Waals surface area contributed by atoms with Gasteiger partial charge in [-0.05, 0) is 31.2 Å². The van der Waals surface area contributed by atoms with Crippen LogP contribution in [0.4, 0.5) is 5.69 Å². The molecule has 2 heterocycles. The van der Waals surface area contributed by atoms with Gasteiger partial charge in [-0.15, -0.1) is 0 Å². The minimum Gasteiger partial charge on any atom is -0.326 e. The largest absolute Gasteiger partial charge is 0.326 e. The van der Waals surface area contributed by atoms with Crippen molar-refractivity contribution in [2.45, 2.75) is 6.92 Å². The molecule has 2 rings (SSSR count). The molecule has 2 N–H and O–H groups in total. The highest BCUT2D eigenvalue weighted by molar-refractivity contribution is 6.03. The van der Waals surface area contributed by atoms with Crippen LogP contribution in [0.25, 0.3) is 0 Å². The van der Waals surface area contributed by atoms with Gasteiger partial charge in [-0.3, -0.25) is 14.6 Å². The molecule has 0 aromatic carbocycles. The number of carbonyl (C=O) groups is 1. The van der Waals surface area contributed by atoms with Crippen LogP contribution < -0.4 is 10.9 Å². The first kappa shape index (κ1) is 11.1. The van der Waals surface area contributed by atoms with E-state index in [1.165, 1.54) is 6.07 Å². The average Bonchev–Trinajstić information content (AvgIpc) is 2.30. The second kappa shape index (κ2) is 4.61. The van der Waals surface area contributed by atoms with Gasteiger partial charge in [0.25, 0.3) is 11.5 Å². The van der Waals surface area contributed by atoms with Crippen molar-refractivity contribution >= 4 is 11.6 Å². The molecule has 0 saturated heterocycles. The summed E-state index contributed by atoms with van der Waals surface area (Å²) in [6.45, 7) is 1.76. The standard InChI is InChI=1S/C12H11N3O2/c1-8-2-3-10(11(16)14-8)12(17)15-9-4-6-13-7-5-9/h2-7H,1H3,(H,14,16)(H,13,15,17). The summed E-state index contributed by atoms with van der Waals surface area (Å²) in [5.41, 5.74) is 1.02. The Kier molecular flexibility index (Phi) is 3.00. The molecule has 0 aliphatic rings. The van der Waals surface area contributed by atoms with Gasteiger partial charge in [0.05, 0.1) is 0 Å². The highest BCUT2D eigenvalue weighted by atomic mass is 16.2. The molecular formula is C12H11N3O2. The lowest BCUT2D eigenvalue weighted by atomic mass is 10.2. The molecule has 0 unspecified atom stereocenters. The van der Waals surface area contributed by atoms with Gasteiger partial charge in [0.15, 0.2) is 0 Å². The Morgan fingerprint density at radius 2 is 1.94 bits per heavy atom. The van der Waals surface area contributed by atoms with E-state index in [9.17, 15) is 9.59 Å². The number of H-pyrrole nitrogens is 1. The summed E-state index contributed by atoms with van der Waals surface area (Å²) in [4.78, 5) is 29.7. The molecule has 0 fully saturated rings. The van der Waals surface area contributed by atoms with E-state index in [1.807, 2.05) is 0 Å². The monoisotopic (exact) mass is 229 g/mol. The fourth-order valence-corrected chi connectivity index (χ4v) is 1.38. The molecule has 0 aliphatic carbocycles. The van der Waals surface area contributed by atoms with E-state index >= 15 is 0 Å². The summed E-state index contributed by atoms with van der Waals surface area (Å²) >= 11 is 0. The Hall–Kier alpha value is -2.43. The Morgan fingerprint density at radius 1 is 1.24 bits per heavy atom. The molecule has 0 bridgehead atoms. The molecule has 0 aliphatic heterocycles. The lowest BCUT2D eigenvalue weighted by Crippen LogP contribution is -2.23.